The molecule has 7 nitrogen and oxygen atoms in total. The molecule has 4 amide bonds. The normalized spacial score (nSPS) is 33.2. The fourth-order valence-corrected chi connectivity index (χ4v) is 8.70. The molecule has 0 bridgehead atoms. The summed E-state index contributed by atoms with van der Waals surface area (Å²) >= 11 is 30.5. The molecule has 0 aromatic heterocycles. The number of allylic oxidation sites excluding steroid dienone is 2. The maximum Gasteiger partial charge on any atom is 0.254 e. The minimum Gasteiger partial charge on any atom is -0.508 e. The number of hydrogen-bond acceptors (Lipinski definition) is 5. The zero-order valence-electron chi connectivity index (χ0n) is 20.8. The molecule has 6 rings (SSSR count). The molecule has 1 N–H and O–H groups in total. The standard InChI is InChI=1S/C28H21BrCl4N2O5/c1-12-2-3-13(8-19(12)30)35-23(37)17-7-6-15-18(21(17)24(35)38)10-27(32)25(39)34(11-29)26(40)28(27,33)22(15)16-5-4-14(36)9-20(16)31/h2-6,8-9,17-18,21-22,36H,7,10-11H2,1H3. The lowest BCUT2D eigenvalue weighted by molar-refractivity contribution is -0.138. The number of carbonyl (C=O) groups is 4. The second kappa shape index (κ2) is 9.46. The van der Waals surface area contributed by atoms with E-state index in [1.54, 1.807) is 18.2 Å². The average molecular weight is 687 g/mol. The number of amides is 4. The molecule has 40 heavy (non-hydrogen) atoms. The molecule has 2 aliphatic heterocycles. The number of aromatic hydroxyl groups is 1. The number of nitrogens with zero attached hydrogens (tertiary/aromatic N) is 2. The van der Waals surface area contributed by atoms with E-state index >= 15 is 0 Å². The maximum absolute atomic E-state index is 14.0. The number of rotatable bonds is 3. The van der Waals surface area contributed by atoms with Gasteiger partial charge >= 0.3 is 0 Å². The van der Waals surface area contributed by atoms with E-state index in [4.69, 9.17) is 46.4 Å². The van der Waals surface area contributed by atoms with Crippen molar-refractivity contribution >= 4 is 91.6 Å². The van der Waals surface area contributed by atoms with Crippen molar-refractivity contribution in [3.63, 3.8) is 0 Å². The Labute approximate surface area is 258 Å². The first kappa shape index (κ1) is 28.0. The van der Waals surface area contributed by atoms with E-state index < -0.39 is 51.1 Å². The van der Waals surface area contributed by atoms with Gasteiger partial charge in [0.1, 0.15) is 5.75 Å². The van der Waals surface area contributed by atoms with Gasteiger partial charge in [-0.2, -0.15) is 0 Å². The molecule has 3 fully saturated rings. The minimum absolute atomic E-state index is 0.0977. The van der Waals surface area contributed by atoms with E-state index in [-0.39, 0.29) is 35.0 Å². The quantitative estimate of drug-likeness (QED) is 0.187. The number of imide groups is 2. The van der Waals surface area contributed by atoms with Crippen molar-refractivity contribution in [1.82, 2.24) is 4.90 Å². The number of halogens is 5. The smallest absolute Gasteiger partial charge is 0.254 e. The highest BCUT2D eigenvalue weighted by Crippen LogP contribution is 2.66. The van der Waals surface area contributed by atoms with Gasteiger partial charge in [-0.1, -0.05) is 62.9 Å². The predicted molar refractivity (Wildman–Crippen MR) is 155 cm³/mol. The number of carbonyl (C=O) groups excluding carboxylic acids is 4. The molecule has 208 valence electrons. The molecule has 6 atom stereocenters. The van der Waals surface area contributed by atoms with Crippen molar-refractivity contribution in [2.75, 3.05) is 10.4 Å². The van der Waals surface area contributed by atoms with E-state index in [0.717, 1.165) is 15.4 Å². The third-order valence-corrected chi connectivity index (χ3v) is 11.4. The van der Waals surface area contributed by atoms with Gasteiger partial charge in [0.05, 0.1) is 23.0 Å². The van der Waals surface area contributed by atoms with Gasteiger partial charge < -0.3 is 5.11 Å². The Bertz CT molecular complexity index is 1570. The fourth-order valence-electron chi connectivity index (χ4n) is 6.82. The highest BCUT2D eigenvalue weighted by atomic mass is 79.9. The molecule has 2 saturated heterocycles. The van der Waals surface area contributed by atoms with Crippen LogP contribution in [0.4, 0.5) is 5.69 Å². The van der Waals surface area contributed by atoms with Gasteiger partial charge in [0.15, 0.2) is 9.75 Å². The average Bonchev–Trinajstić information content (AvgIpc) is 3.24. The summed E-state index contributed by atoms with van der Waals surface area (Å²) in [6.07, 6.45) is 1.91. The third kappa shape index (κ3) is 3.56. The first-order valence-corrected chi connectivity index (χ1v) is 15.1. The van der Waals surface area contributed by atoms with Crippen molar-refractivity contribution in [2.45, 2.75) is 35.4 Å². The van der Waals surface area contributed by atoms with Crippen LogP contribution in [0.15, 0.2) is 48.0 Å². The van der Waals surface area contributed by atoms with Crippen LogP contribution < -0.4 is 4.90 Å². The van der Waals surface area contributed by atoms with E-state index in [2.05, 4.69) is 15.9 Å². The van der Waals surface area contributed by atoms with E-state index in [1.807, 2.05) is 13.0 Å². The van der Waals surface area contributed by atoms with Gasteiger partial charge in [-0.05, 0) is 61.1 Å². The van der Waals surface area contributed by atoms with Crippen LogP contribution in [0.3, 0.4) is 0 Å². The lowest BCUT2D eigenvalue weighted by Gasteiger charge is -2.51. The largest absolute Gasteiger partial charge is 0.508 e. The van der Waals surface area contributed by atoms with Gasteiger partial charge in [0.2, 0.25) is 11.8 Å². The molecular weight excluding hydrogens is 666 g/mol. The number of phenolic OH excluding ortho intramolecular Hbond substituents is 1. The number of benzene rings is 2. The number of alkyl halides is 3. The van der Waals surface area contributed by atoms with Crippen LogP contribution in [0.1, 0.15) is 29.9 Å². The highest BCUT2D eigenvalue weighted by Gasteiger charge is 2.76. The molecule has 2 heterocycles. The van der Waals surface area contributed by atoms with Gasteiger partial charge in [-0.3, -0.25) is 24.1 Å². The fraction of sp³-hybridized carbons (Fsp3) is 0.357. The van der Waals surface area contributed by atoms with Gasteiger partial charge in [0, 0.05) is 16.0 Å². The van der Waals surface area contributed by atoms with Gasteiger partial charge in [0.25, 0.3) is 11.8 Å². The number of fused-ring (bicyclic) bond motifs is 4. The number of likely N-dealkylation sites (tertiary alicyclic amines) is 1. The van der Waals surface area contributed by atoms with Crippen LogP contribution in [0, 0.1) is 24.7 Å². The van der Waals surface area contributed by atoms with Gasteiger partial charge in [-0.25, -0.2) is 4.90 Å². The summed E-state index contributed by atoms with van der Waals surface area (Å²) in [4.78, 5) is 53.3. The Morgan fingerprint density at radius 3 is 2.35 bits per heavy atom. The summed E-state index contributed by atoms with van der Waals surface area (Å²) in [6, 6.07) is 9.25. The Balaban J connectivity index is 1.52. The topological polar surface area (TPSA) is 95.0 Å². The first-order valence-electron chi connectivity index (χ1n) is 12.5. The van der Waals surface area contributed by atoms with Crippen LogP contribution in [0.25, 0.3) is 0 Å². The summed E-state index contributed by atoms with van der Waals surface area (Å²) in [5.74, 6) is -5.51. The Morgan fingerprint density at radius 2 is 1.70 bits per heavy atom. The SMILES string of the molecule is Cc1ccc(N2C(=O)C3CC=C4C(CC5(Cl)C(=O)N(CBr)C(=O)C5(Cl)C4c4ccc(O)cc4Cl)C3C2=O)cc1Cl. The molecule has 1 saturated carbocycles. The zero-order chi connectivity index (χ0) is 28.9. The lowest BCUT2D eigenvalue weighted by atomic mass is 9.56. The molecular formula is C28H21BrCl4N2O5. The third-order valence-electron chi connectivity index (χ3n) is 8.72. The van der Waals surface area contributed by atoms with Crippen LogP contribution >= 0.6 is 62.3 Å². The highest BCUT2D eigenvalue weighted by molar-refractivity contribution is 9.09. The van der Waals surface area contributed by atoms with Crippen molar-refractivity contribution < 1.29 is 24.3 Å². The molecule has 6 unspecified atom stereocenters. The Morgan fingerprint density at radius 1 is 0.975 bits per heavy atom. The minimum atomic E-state index is -1.97. The second-order valence-corrected chi connectivity index (χ2v) is 13.2. The van der Waals surface area contributed by atoms with Crippen LogP contribution in [0.5, 0.6) is 5.75 Å². The summed E-state index contributed by atoms with van der Waals surface area (Å²) < 4.78 is 0. The van der Waals surface area contributed by atoms with Crippen LogP contribution in [-0.4, -0.2) is 48.8 Å². The second-order valence-electron chi connectivity index (χ2n) is 10.6. The monoisotopic (exact) mass is 684 g/mol. The lowest BCUT2D eigenvalue weighted by Crippen LogP contribution is -2.60. The van der Waals surface area contributed by atoms with E-state index in [9.17, 15) is 24.3 Å². The zero-order valence-corrected chi connectivity index (χ0v) is 25.4. The predicted octanol–water partition coefficient (Wildman–Crippen LogP) is 5.92. The number of anilines is 1. The van der Waals surface area contributed by atoms with E-state index in [0.29, 0.717) is 21.8 Å². The molecule has 2 aliphatic carbocycles. The van der Waals surface area contributed by atoms with Crippen molar-refractivity contribution in [3.05, 3.63) is 69.2 Å². The molecule has 2 aromatic rings. The molecule has 2 aromatic carbocycles. The van der Waals surface area contributed by atoms with Crippen LogP contribution in [0.2, 0.25) is 10.0 Å². The number of hydrogen-bond donors (Lipinski definition) is 1. The molecule has 0 radical (unpaired) electrons. The van der Waals surface area contributed by atoms with Crippen LogP contribution in [-0.2, 0) is 19.2 Å². The molecule has 0 spiro atoms. The maximum atomic E-state index is 14.0. The van der Waals surface area contributed by atoms with Gasteiger partial charge in [-0.15, -0.1) is 23.2 Å². The molecule has 12 heteroatoms. The number of aryl methyl sites for hydroxylation is 1. The summed E-state index contributed by atoms with van der Waals surface area (Å²) in [5, 5.41) is 10.6. The Hall–Kier alpha value is -2.10. The first-order chi connectivity index (χ1) is 18.9. The van der Waals surface area contributed by atoms with E-state index in [1.165, 1.54) is 18.2 Å². The van der Waals surface area contributed by atoms with Crippen molar-refractivity contribution in [3.8, 4) is 5.75 Å². The molecule has 4 aliphatic rings. The van der Waals surface area contributed by atoms with Crippen molar-refractivity contribution in [1.29, 1.82) is 0 Å². The van der Waals surface area contributed by atoms with Crippen molar-refractivity contribution in [2.24, 2.45) is 17.8 Å². The summed E-state index contributed by atoms with van der Waals surface area (Å²) in [5.41, 5.74) is 2.03. The summed E-state index contributed by atoms with van der Waals surface area (Å²) in [7, 11) is 0. The number of phenols is 1. The summed E-state index contributed by atoms with van der Waals surface area (Å²) in [6.45, 7) is 1.82. The Kier molecular flexibility index (Phi) is 6.63.